The second-order valence-electron chi connectivity index (χ2n) is 0.915. The minimum Gasteiger partial charge on any atom is -0.236 e. The Morgan fingerprint density at radius 2 is 2.33 bits per heavy atom. The van der Waals surface area contributed by atoms with E-state index in [1.807, 2.05) is 6.92 Å². The molecule has 0 rings (SSSR count). The second-order valence-corrected chi connectivity index (χ2v) is 2.31. The van der Waals surface area contributed by atoms with Gasteiger partial charge in [0.15, 0.2) is 0 Å². The molecule has 0 aromatic rings. The molecule has 0 heterocycles. The van der Waals surface area contributed by atoms with E-state index < -0.39 is 5.50 Å². The Kier molecular flexibility index (Phi) is 3.63. The first kappa shape index (κ1) is 6.28. The summed E-state index contributed by atoms with van der Waals surface area (Å²) >= 11 is 1.19. The minimum absolute atomic E-state index is 0.741. The summed E-state index contributed by atoms with van der Waals surface area (Å²) < 4.78 is 11.6. The molecule has 0 aromatic heterocycles. The smallest absolute Gasteiger partial charge is 0.143 e. The Labute approximate surface area is 42.1 Å². The molecule has 0 aliphatic rings. The zero-order valence-electron chi connectivity index (χ0n) is 3.94. The molecule has 37 valence electrons. The molecule has 0 aliphatic heterocycles. The number of hydrogen-bond donors (Lipinski definition) is 0. The summed E-state index contributed by atoms with van der Waals surface area (Å²) in [6, 6.07) is 0. The van der Waals surface area contributed by atoms with Gasteiger partial charge in [0.1, 0.15) is 5.50 Å². The fourth-order valence-corrected chi connectivity index (χ4v) is 0.563. The molecule has 0 aromatic carbocycles. The number of halogens is 1. The van der Waals surface area contributed by atoms with Crippen molar-refractivity contribution >= 4 is 11.8 Å². The zero-order chi connectivity index (χ0) is 4.99. The summed E-state index contributed by atoms with van der Waals surface area (Å²) in [7, 11) is 0. The van der Waals surface area contributed by atoms with Crippen molar-refractivity contribution in [3.63, 3.8) is 0 Å². The van der Waals surface area contributed by atoms with Gasteiger partial charge >= 0.3 is 0 Å². The van der Waals surface area contributed by atoms with Crippen LogP contribution in [0.2, 0.25) is 0 Å². The highest BCUT2D eigenvalue weighted by molar-refractivity contribution is 8.01. The number of hydrogen-bond acceptors (Lipinski definition) is 1. The molecule has 0 saturated heterocycles. The molecule has 6 heavy (non-hydrogen) atoms. The predicted molar refractivity (Wildman–Crippen MR) is 28.1 cm³/mol. The molecule has 0 fully saturated rings. The maximum absolute atomic E-state index is 11.6. The van der Waals surface area contributed by atoms with Gasteiger partial charge in [0.2, 0.25) is 0 Å². The topological polar surface area (TPSA) is 0 Å². The molecular weight excluding hydrogens is 99.1 g/mol. The van der Waals surface area contributed by atoms with Crippen LogP contribution in [0.4, 0.5) is 4.39 Å². The summed E-state index contributed by atoms with van der Waals surface area (Å²) in [6.07, 6.45) is 0. The Morgan fingerprint density at radius 3 is 2.33 bits per heavy atom. The Bertz CT molecular complexity index is 28.7. The lowest BCUT2D eigenvalue weighted by molar-refractivity contribution is 0.484. The average Bonchev–Trinajstić information content (AvgIpc) is 1.35. The van der Waals surface area contributed by atoms with Crippen LogP contribution >= 0.6 is 11.8 Å². The Hall–Kier alpha value is 0.280. The van der Waals surface area contributed by atoms with Gasteiger partial charge in [0.05, 0.1) is 0 Å². The molecule has 1 radical (unpaired) electrons. The summed E-state index contributed by atoms with van der Waals surface area (Å²) in [5.41, 5.74) is -0.741. The van der Waals surface area contributed by atoms with Crippen molar-refractivity contribution in [3.8, 4) is 0 Å². The Morgan fingerprint density at radius 1 is 1.83 bits per heavy atom. The van der Waals surface area contributed by atoms with Crippen molar-refractivity contribution in [1.29, 1.82) is 0 Å². The number of alkyl halides is 1. The lowest BCUT2D eigenvalue weighted by atomic mass is 10.9. The van der Waals surface area contributed by atoms with E-state index in [4.69, 9.17) is 0 Å². The first-order chi connectivity index (χ1) is 2.77. The van der Waals surface area contributed by atoms with Gasteiger partial charge in [-0.2, -0.15) is 0 Å². The van der Waals surface area contributed by atoms with Crippen LogP contribution in [0.15, 0.2) is 0 Å². The highest BCUT2D eigenvalue weighted by atomic mass is 32.2. The zero-order valence-corrected chi connectivity index (χ0v) is 4.76. The summed E-state index contributed by atoms with van der Waals surface area (Å²) in [6.45, 7) is 3.34. The Balaban J connectivity index is 2.63. The maximum atomic E-state index is 11.6. The van der Waals surface area contributed by atoms with Gasteiger partial charge < -0.3 is 0 Å². The maximum Gasteiger partial charge on any atom is 0.143 e. The quantitative estimate of drug-likeness (QED) is 0.521. The molecule has 0 nitrogen and oxygen atoms in total. The van der Waals surface area contributed by atoms with E-state index in [0.717, 1.165) is 0 Å². The number of rotatable bonds is 2. The first-order valence-electron chi connectivity index (χ1n) is 1.84. The van der Waals surface area contributed by atoms with E-state index in [2.05, 4.69) is 0 Å². The van der Waals surface area contributed by atoms with Crippen LogP contribution in [0.3, 0.4) is 0 Å². The van der Waals surface area contributed by atoms with Gasteiger partial charge in [-0.3, -0.25) is 0 Å². The highest BCUT2D eigenvalue weighted by Crippen LogP contribution is 2.12. The minimum atomic E-state index is -0.741. The van der Waals surface area contributed by atoms with Gasteiger partial charge in [-0.25, -0.2) is 4.39 Å². The van der Waals surface area contributed by atoms with Crippen LogP contribution in [0, 0.1) is 5.75 Å². The van der Waals surface area contributed by atoms with Crippen LogP contribution < -0.4 is 0 Å². The monoisotopic (exact) mass is 107 g/mol. The fraction of sp³-hybridized carbons (Fsp3) is 0.750. The van der Waals surface area contributed by atoms with Gasteiger partial charge in [-0.1, -0.05) is 6.92 Å². The average molecular weight is 107 g/mol. The van der Waals surface area contributed by atoms with Gasteiger partial charge in [0.25, 0.3) is 0 Å². The third-order valence-electron chi connectivity index (χ3n) is 0.324. The van der Waals surface area contributed by atoms with E-state index in [1.165, 1.54) is 18.7 Å². The molecule has 0 N–H and O–H groups in total. The molecule has 2 heteroatoms. The SMILES string of the molecule is C[CH]SC(C)F. The van der Waals surface area contributed by atoms with Crippen molar-refractivity contribution in [1.82, 2.24) is 0 Å². The molecular formula is C4H8FS. The standard InChI is InChI=1S/C4H8FS/c1-3-6-4(2)5/h3-4H,1-2H3. The molecule has 0 amide bonds. The summed E-state index contributed by atoms with van der Waals surface area (Å²) in [5, 5.41) is 0. The molecule has 0 bridgehead atoms. The van der Waals surface area contributed by atoms with E-state index in [9.17, 15) is 4.39 Å². The number of thioether (sulfide) groups is 1. The molecule has 1 atom stereocenters. The van der Waals surface area contributed by atoms with Gasteiger partial charge in [-0.15, -0.1) is 11.8 Å². The van der Waals surface area contributed by atoms with Crippen molar-refractivity contribution < 1.29 is 4.39 Å². The van der Waals surface area contributed by atoms with Crippen LogP contribution in [-0.4, -0.2) is 5.50 Å². The third kappa shape index (κ3) is 4.28. The van der Waals surface area contributed by atoms with E-state index in [0.29, 0.717) is 0 Å². The molecule has 0 spiro atoms. The lowest BCUT2D eigenvalue weighted by Crippen LogP contribution is -1.78. The largest absolute Gasteiger partial charge is 0.236 e. The van der Waals surface area contributed by atoms with Crippen molar-refractivity contribution in [3.05, 3.63) is 5.75 Å². The molecule has 0 aliphatic carbocycles. The van der Waals surface area contributed by atoms with E-state index >= 15 is 0 Å². The third-order valence-corrected chi connectivity index (χ3v) is 0.971. The van der Waals surface area contributed by atoms with E-state index in [1.54, 1.807) is 5.75 Å². The van der Waals surface area contributed by atoms with E-state index in [-0.39, 0.29) is 0 Å². The molecule has 0 saturated carbocycles. The highest BCUT2D eigenvalue weighted by Gasteiger charge is 1.90. The van der Waals surface area contributed by atoms with Gasteiger partial charge in [-0.05, 0) is 6.92 Å². The van der Waals surface area contributed by atoms with Crippen molar-refractivity contribution in [2.75, 3.05) is 0 Å². The fourth-order valence-electron chi connectivity index (χ4n) is 0.188. The van der Waals surface area contributed by atoms with Crippen LogP contribution in [0.1, 0.15) is 13.8 Å². The summed E-state index contributed by atoms with van der Waals surface area (Å²) in [4.78, 5) is 0. The van der Waals surface area contributed by atoms with Crippen LogP contribution in [0.25, 0.3) is 0 Å². The van der Waals surface area contributed by atoms with Gasteiger partial charge in [0, 0.05) is 5.75 Å². The van der Waals surface area contributed by atoms with Crippen molar-refractivity contribution in [2.24, 2.45) is 0 Å². The first-order valence-corrected chi connectivity index (χ1v) is 2.79. The lowest BCUT2D eigenvalue weighted by Gasteiger charge is -1.91. The second kappa shape index (κ2) is 3.47. The van der Waals surface area contributed by atoms with Crippen LogP contribution in [0.5, 0.6) is 0 Å². The van der Waals surface area contributed by atoms with Crippen molar-refractivity contribution in [2.45, 2.75) is 19.4 Å². The normalized spacial score (nSPS) is 14.5. The molecule has 1 unspecified atom stereocenters. The predicted octanol–water partition coefficient (Wildman–Crippen LogP) is 2.22. The summed E-state index contributed by atoms with van der Waals surface area (Å²) in [5.74, 6) is 1.74. The van der Waals surface area contributed by atoms with Crippen LogP contribution in [-0.2, 0) is 0 Å².